The van der Waals surface area contributed by atoms with Crippen LogP contribution in [-0.2, 0) is 0 Å². The maximum Gasteiger partial charge on any atom is 0.274 e. The smallest absolute Gasteiger partial charge is 0.274 e. The van der Waals surface area contributed by atoms with Crippen molar-refractivity contribution in [3.63, 3.8) is 0 Å². The molecule has 19 heavy (non-hydrogen) atoms. The molecule has 2 aromatic rings. The summed E-state index contributed by atoms with van der Waals surface area (Å²) in [5.74, 6) is -0.106. The number of amides is 1. The number of benzene rings is 1. The Morgan fingerprint density at radius 2 is 1.89 bits per heavy atom. The first-order valence-corrected chi connectivity index (χ1v) is 6.43. The maximum atomic E-state index is 12.3. The van der Waals surface area contributed by atoms with Crippen LogP contribution in [0.15, 0.2) is 30.5 Å². The summed E-state index contributed by atoms with van der Waals surface area (Å²) in [6.07, 6.45) is 2.50. The zero-order valence-electron chi connectivity index (χ0n) is 10.5. The lowest BCUT2D eigenvalue weighted by molar-refractivity contribution is 0.0541. The van der Waals surface area contributed by atoms with Crippen LogP contribution >= 0.6 is 0 Å². The van der Waals surface area contributed by atoms with Crippen molar-refractivity contribution in [2.45, 2.75) is 18.9 Å². The van der Waals surface area contributed by atoms with Gasteiger partial charge in [0.25, 0.3) is 5.91 Å². The molecule has 3 rings (SSSR count). The number of para-hydroxylation sites is 2. The molecule has 1 aliphatic rings. The predicted octanol–water partition coefficient (Wildman–Crippen LogP) is 1.23. The third kappa shape index (κ3) is 2.42. The van der Waals surface area contributed by atoms with Crippen LogP contribution in [0.3, 0.4) is 0 Å². The first kappa shape index (κ1) is 12.0. The lowest BCUT2D eigenvalue weighted by Gasteiger charge is -2.29. The molecule has 0 aliphatic carbocycles. The summed E-state index contributed by atoms with van der Waals surface area (Å²) in [6.45, 7) is 1.16. The lowest BCUT2D eigenvalue weighted by atomic mass is 10.1. The molecular formula is C14H15N3O2. The summed E-state index contributed by atoms with van der Waals surface area (Å²) in [7, 11) is 0. The van der Waals surface area contributed by atoms with E-state index in [1.54, 1.807) is 4.90 Å². The molecule has 1 aliphatic heterocycles. The summed E-state index contributed by atoms with van der Waals surface area (Å²) in [6, 6.07) is 7.49. The normalized spacial score (nSPS) is 16.8. The number of carbonyl (C=O) groups excluding carboxylic acids is 1. The van der Waals surface area contributed by atoms with Crippen LogP contribution in [0.1, 0.15) is 23.3 Å². The van der Waals surface area contributed by atoms with Crippen molar-refractivity contribution in [1.29, 1.82) is 0 Å². The van der Waals surface area contributed by atoms with E-state index in [4.69, 9.17) is 0 Å². The van der Waals surface area contributed by atoms with Gasteiger partial charge in [0.15, 0.2) is 0 Å². The molecule has 98 valence electrons. The Labute approximate surface area is 110 Å². The molecular weight excluding hydrogens is 242 g/mol. The first-order chi connectivity index (χ1) is 9.24. The lowest BCUT2D eigenvalue weighted by Crippen LogP contribution is -2.40. The van der Waals surface area contributed by atoms with Crippen LogP contribution in [0.4, 0.5) is 0 Å². The largest absolute Gasteiger partial charge is 0.393 e. The van der Waals surface area contributed by atoms with E-state index < -0.39 is 0 Å². The highest BCUT2D eigenvalue weighted by atomic mass is 16.3. The van der Waals surface area contributed by atoms with Gasteiger partial charge in [-0.15, -0.1) is 0 Å². The highest BCUT2D eigenvalue weighted by Crippen LogP contribution is 2.14. The van der Waals surface area contributed by atoms with Crippen LogP contribution in [0, 0.1) is 0 Å². The summed E-state index contributed by atoms with van der Waals surface area (Å²) in [5.41, 5.74) is 1.88. The fraction of sp³-hybridized carbons (Fsp3) is 0.357. The molecule has 1 saturated heterocycles. The summed E-state index contributed by atoms with van der Waals surface area (Å²) < 4.78 is 0. The second-order valence-electron chi connectivity index (χ2n) is 4.77. The number of aliphatic hydroxyl groups excluding tert-OH is 1. The molecule has 1 aromatic heterocycles. The molecule has 0 spiro atoms. The number of likely N-dealkylation sites (tertiary alicyclic amines) is 1. The quantitative estimate of drug-likeness (QED) is 0.834. The van der Waals surface area contributed by atoms with Crippen molar-refractivity contribution < 1.29 is 9.90 Å². The van der Waals surface area contributed by atoms with Gasteiger partial charge < -0.3 is 10.0 Å². The molecule has 5 heteroatoms. The molecule has 0 saturated carbocycles. The molecule has 1 N–H and O–H groups in total. The molecule has 0 unspecified atom stereocenters. The van der Waals surface area contributed by atoms with Crippen molar-refractivity contribution in [2.24, 2.45) is 0 Å². The van der Waals surface area contributed by atoms with Gasteiger partial charge in [-0.2, -0.15) is 0 Å². The molecule has 2 heterocycles. The van der Waals surface area contributed by atoms with Crippen molar-refractivity contribution >= 4 is 16.9 Å². The molecule has 0 radical (unpaired) electrons. The number of hydrogen-bond acceptors (Lipinski definition) is 4. The molecule has 1 fully saturated rings. The Balaban J connectivity index is 1.85. The Bertz CT molecular complexity index is 606. The van der Waals surface area contributed by atoms with Gasteiger partial charge in [-0.1, -0.05) is 12.1 Å². The number of hydrogen-bond donors (Lipinski definition) is 1. The minimum atomic E-state index is -0.285. The third-order valence-electron chi connectivity index (χ3n) is 3.42. The second-order valence-corrected chi connectivity index (χ2v) is 4.77. The van der Waals surface area contributed by atoms with Gasteiger partial charge in [-0.3, -0.25) is 9.78 Å². The third-order valence-corrected chi connectivity index (χ3v) is 3.42. The van der Waals surface area contributed by atoms with E-state index in [1.807, 2.05) is 24.3 Å². The zero-order chi connectivity index (χ0) is 13.2. The average Bonchev–Trinajstić information content (AvgIpc) is 2.47. The number of aromatic nitrogens is 2. The summed E-state index contributed by atoms with van der Waals surface area (Å²) in [5, 5.41) is 9.45. The molecule has 0 atom stereocenters. The number of carbonyl (C=O) groups is 1. The van der Waals surface area contributed by atoms with E-state index >= 15 is 0 Å². The van der Waals surface area contributed by atoms with Gasteiger partial charge >= 0.3 is 0 Å². The summed E-state index contributed by atoms with van der Waals surface area (Å²) >= 11 is 0. The average molecular weight is 257 g/mol. The Kier molecular flexibility index (Phi) is 3.13. The van der Waals surface area contributed by atoms with Crippen molar-refractivity contribution in [1.82, 2.24) is 14.9 Å². The number of fused-ring (bicyclic) bond motifs is 1. The van der Waals surface area contributed by atoms with Crippen LogP contribution in [0.2, 0.25) is 0 Å². The van der Waals surface area contributed by atoms with Gasteiger partial charge in [0.1, 0.15) is 5.69 Å². The predicted molar refractivity (Wildman–Crippen MR) is 70.7 cm³/mol. The van der Waals surface area contributed by atoms with E-state index in [1.165, 1.54) is 6.20 Å². The van der Waals surface area contributed by atoms with Crippen LogP contribution in [0.25, 0.3) is 11.0 Å². The Morgan fingerprint density at radius 1 is 1.21 bits per heavy atom. The van der Waals surface area contributed by atoms with Crippen molar-refractivity contribution in [3.8, 4) is 0 Å². The van der Waals surface area contributed by atoms with E-state index in [0.29, 0.717) is 31.6 Å². The number of nitrogens with zero attached hydrogens (tertiary/aromatic N) is 3. The monoisotopic (exact) mass is 257 g/mol. The minimum absolute atomic E-state index is 0.106. The van der Waals surface area contributed by atoms with Crippen molar-refractivity contribution in [2.75, 3.05) is 13.1 Å². The molecule has 5 nitrogen and oxygen atoms in total. The van der Waals surface area contributed by atoms with Gasteiger partial charge in [-0.25, -0.2) is 4.98 Å². The highest BCUT2D eigenvalue weighted by molar-refractivity contribution is 5.93. The Morgan fingerprint density at radius 3 is 2.63 bits per heavy atom. The first-order valence-electron chi connectivity index (χ1n) is 6.43. The van der Waals surface area contributed by atoms with E-state index in [2.05, 4.69) is 9.97 Å². The molecule has 1 amide bonds. The van der Waals surface area contributed by atoms with Crippen LogP contribution < -0.4 is 0 Å². The van der Waals surface area contributed by atoms with E-state index in [0.717, 1.165) is 11.0 Å². The minimum Gasteiger partial charge on any atom is -0.393 e. The van der Waals surface area contributed by atoms with E-state index in [9.17, 15) is 9.90 Å². The number of rotatable bonds is 1. The number of piperidine rings is 1. The van der Waals surface area contributed by atoms with Gasteiger partial charge in [0, 0.05) is 13.1 Å². The SMILES string of the molecule is O=C(c1cnc2ccccc2n1)N1CCC(O)CC1. The van der Waals surface area contributed by atoms with Gasteiger partial charge in [-0.05, 0) is 25.0 Å². The summed E-state index contributed by atoms with van der Waals surface area (Å²) in [4.78, 5) is 22.6. The van der Waals surface area contributed by atoms with Crippen LogP contribution in [0.5, 0.6) is 0 Å². The van der Waals surface area contributed by atoms with Crippen molar-refractivity contribution in [3.05, 3.63) is 36.2 Å². The van der Waals surface area contributed by atoms with Gasteiger partial charge in [0.2, 0.25) is 0 Å². The fourth-order valence-electron chi connectivity index (χ4n) is 2.29. The van der Waals surface area contributed by atoms with Crippen LogP contribution in [-0.4, -0.2) is 45.1 Å². The molecule has 0 bridgehead atoms. The van der Waals surface area contributed by atoms with Gasteiger partial charge in [0.05, 0.1) is 23.3 Å². The standard InChI is InChI=1S/C14H15N3O2/c18-10-5-7-17(8-6-10)14(19)13-9-15-11-3-1-2-4-12(11)16-13/h1-4,9-10,18H,5-8H2. The highest BCUT2D eigenvalue weighted by Gasteiger charge is 2.23. The topological polar surface area (TPSA) is 66.3 Å². The molecule has 1 aromatic carbocycles. The Hall–Kier alpha value is -2.01. The number of aliphatic hydroxyl groups is 1. The fourth-order valence-corrected chi connectivity index (χ4v) is 2.29. The zero-order valence-corrected chi connectivity index (χ0v) is 10.5. The second kappa shape index (κ2) is 4.93. The maximum absolute atomic E-state index is 12.3. The van der Waals surface area contributed by atoms with E-state index in [-0.39, 0.29) is 12.0 Å².